The minimum Gasteiger partial charge on any atom is -0.497 e. The maximum Gasteiger partial charge on any atom is 0.255 e. The second kappa shape index (κ2) is 7.96. The first kappa shape index (κ1) is 20.0. The number of amides is 1. The first-order chi connectivity index (χ1) is 15.5. The van der Waals surface area contributed by atoms with Gasteiger partial charge in [-0.3, -0.25) is 4.79 Å². The number of hydrogen-bond donors (Lipinski definition) is 1. The Hall–Kier alpha value is -3.93. The number of aryl methyl sites for hydroxylation is 2. The normalized spacial score (nSPS) is 12.1. The number of rotatable bonds is 4. The molecular weight excluding hydrogens is 407 g/mol. The molecule has 1 aliphatic rings. The van der Waals surface area contributed by atoms with Gasteiger partial charge in [-0.05, 0) is 91.6 Å². The zero-order valence-electron chi connectivity index (χ0n) is 17.7. The quantitative estimate of drug-likeness (QED) is 0.445. The van der Waals surface area contributed by atoms with Gasteiger partial charge in [0, 0.05) is 27.9 Å². The second-order valence-corrected chi connectivity index (χ2v) is 7.86. The molecule has 0 radical (unpaired) electrons. The van der Waals surface area contributed by atoms with Crippen LogP contribution in [0, 0.1) is 12.7 Å². The highest BCUT2D eigenvalue weighted by Crippen LogP contribution is 2.39. The summed E-state index contributed by atoms with van der Waals surface area (Å²) in [6.07, 6.45) is 1.72. The van der Waals surface area contributed by atoms with Gasteiger partial charge in [-0.15, -0.1) is 0 Å². The third-order valence-corrected chi connectivity index (χ3v) is 5.83. The third-order valence-electron chi connectivity index (χ3n) is 5.83. The van der Waals surface area contributed by atoms with E-state index < -0.39 is 0 Å². The van der Waals surface area contributed by atoms with Crippen LogP contribution in [-0.4, -0.2) is 18.2 Å². The highest BCUT2D eigenvalue weighted by Gasteiger charge is 2.25. The molecule has 0 unspecified atom stereocenters. The van der Waals surface area contributed by atoms with Crippen molar-refractivity contribution in [3.8, 4) is 28.3 Å². The molecule has 1 heterocycles. The largest absolute Gasteiger partial charge is 0.497 e. The molecule has 160 valence electrons. The fourth-order valence-corrected chi connectivity index (χ4v) is 4.07. The molecule has 0 spiro atoms. The molecule has 0 saturated heterocycles. The zero-order chi connectivity index (χ0) is 22.2. The van der Waals surface area contributed by atoms with Gasteiger partial charge in [0.15, 0.2) is 5.76 Å². The van der Waals surface area contributed by atoms with E-state index in [2.05, 4.69) is 10.5 Å². The van der Waals surface area contributed by atoms with E-state index in [-0.39, 0.29) is 11.7 Å². The van der Waals surface area contributed by atoms with Crippen LogP contribution >= 0.6 is 0 Å². The lowest BCUT2D eigenvalue weighted by molar-refractivity contribution is 0.102. The van der Waals surface area contributed by atoms with Gasteiger partial charge in [0.1, 0.15) is 17.3 Å². The summed E-state index contributed by atoms with van der Waals surface area (Å²) in [5.41, 5.74) is 6.61. The standard InChI is InChI=1S/C26H21FN2O3/c1-15-13-18(6-12-23(15)27)26(30)28-19-7-3-16(4-8-19)25-22-10-5-17-14-20(31-2)9-11-21(17)24(22)29-32-25/h3-4,6-9,11-14H,5,10H2,1-2H3,(H,28,30). The van der Waals surface area contributed by atoms with E-state index in [9.17, 15) is 9.18 Å². The number of carbonyl (C=O) groups excluding carboxylic acids is 1. The topological polar surface area (TPSA) is 64.4 Å². The number of aromatic nitrogens is 1. The summed E-state index contributed by atoms with van der Waals surface area (Å²) in [4.78, 5) is 12.5. The molecular formula is C26H21FN2O3. The molecule has 0 fully saturated rings. The van der Waals surface area contributed by atoms with Crippen molar-refractivity contribution in [2.75, 3.05) is 12.4 Å². The zero-order valence-corrected chi connectivity index (χ0v) is 17.7. The molecule has 4 aromatic rings. The summed E-state index contributed by atoms with van der Waals surface area (Å²) in [6.45, 7) is 1.63. The van der Waals surface area contributed by atoms with E-state index in [1.807, 2.05) is 42.5 Å². The van der Waals surface area contributed by atoms with E-state index in [4.69, 9.17) is 9.26 Å². The molecule has 1 aromatic heterocycles. The molecule has 1 N–H and O–H groups in total. The molecule has 0 aliphatic heterocycles. The minimum atomic E-state index is -0.331. The average molecular weight is 428 g/mol. The monoisotopic (exact) mass is 428 g/mol. The molecule has 0 atom stereocenters. The number of benzene rings is 3. The van der Waals surface area contributed by atoms with E-state index >= 15 is 0 Å². The first-order valence-electron chi connectivity index (χ1n) is 10.4. The van der Waals surface area contributed by atoms with Gasteiger partial charge in [-0.2, -0.15) is 0 Å². The van der Waals surface area contributed by atoms with Crippen molar-refractivity contribution in [2.24, 2.45) is 0 Å². The van der Waals surface area contributed by atoms with Gasteiger partial charge in [0.25, 0.3) is 5.91 Å². The predicted octanol–water partition coefficient (Wildman–Crippen LogP) is 5.82. The van der Waals surface area contributed by atoms with Crippen LogP contribution in [0.1, 0.15) is 27.0 Å². The molecule has 5 rings (SSSR count). The van der Waals surface area contributed by atoms with Gasteiger partial charge < -0.3 is 14.6 Å². The maximum atomic E-state index is 13.5. The lowest BCUT2D eigenvalue weighted by Gasteiger charge is -2.16. The molecule has 0 saturated carbocycles. The molecule has 1 aliphatic carbocycles. The van der Waals surface area contributed by atoms with Crippen molar-refractivity contribution < 1.29 is 18.4 Å². The van der Waals surface area contributed by atoms with Crippen LogP contribution in [0.5, 0.6) is 5.75 Å². The highest BCUT2D eigenvalue weighted by atomic mass is 19.1. The van der Waals surface area contributed by atoms with Crippen molar-refractivity contribution in [3.05, 3.63) is 88.7 Å². The van der Waals surface area contributed by atoms with E-state index in [1.54, 1.807) is 14.0 Å². The van der Waals surface area contributed by atoms with Crippen LogP contribution < -0.4 is 10.1 Å². The number of nitrogens with zero attached hydrogens (tertiary/aromatic N) is 1. The average Bonchev–Trinajstić information content (AvgIpc) is 3.25. The van der Waals surface area contributed by atoms with E-state index in [1.165, 1.54) is 23.8 Å². The summed E-state index contributed by atoms with van der Waals surface area (Å²) >= 11 is 0. The summed E-state index contributed by atoms with van der Waals surface area (Å²) in [5.74, 6) is 0.964. The van der Waals surface area contributed by atoms with E-state index in [0.29, 0.717) is 16.8 Å². The Balaban J connectivity index is 1.38. The van der Waals surface area contributed by atoms with Gasteiger partial charge in [-0.25, -0.2) is 4.39 Å². The van der Waals surface area contributed by atoms with Crippen LogP contribution in [0.4, 0.5) is 10.1 Å². The highest BCUT2D eigenvalue weighted by molar-refractivity contribution is 6.04. The first-order valence-corrected chi connectivity index (χ1v) is 10.4. The molecule has 6 heteroatoms. The smallest absolute Gasteiger partial charge is 0.255 e. The number of nitrogens with one attached hydrogen (secondary N) is 1. The SMILES string of the molecule is COc1ccc2c(c1)CCc1c-2noc1-c1ccc(NC(=O)c2ccc(F)c(C)c2)cc1. The molecule has 3 aromatic carbocycles. The predicted molar refractivity (Wildman–Crippen MR) is 120 cm³/mol. The molecule has 0 bridgehead atoms. The number of methoxy groups -OCH3 is 1. The van der Waals surface area contributed by atoms with Gasteiger partial charge in [0.2, 0.25) is 0 Å². The fraction of sp³-hybridized carbons (Fsp3) is 0.154. The fourth-order valence-electron chi connectivity index (χ4n) is 4.07. The van der Waals surface area contributed by atoms with Gasteiger partial charge in [-0.1, -0.05) is 5.16 Å². The van der Waals surface area contributed by atoms with Crippen LogP contribution in [0.3, 0.4) is 0 Å². The van der Waals surface area contributed by atoms with Gasteiger partial charge >= 0.3 is 0 Å². The number of fused-ring (bicyclic) bond motifs is 3. The number of halogens is 1. The van der Waals surface area contributed by atoms with Gasteiger partial charge in [0.05, 0.1) is 7.11 Å². The van der Waals surface area contributed by atoms with Crippen molar-refractivity contribution in [1.82, 2.24) is 5.16 Å². The number of hydrogen-bond acceptors (Lipinski definition) is 4. The van der Waals surface area contributed by atoms with Crippen LogP contribution in [-0.2, 0) is 12.8 Å². The Labute approximate surface area is 184 Å². The molecule has 5 nitrogen and oxygen atoms in total. The Kier molecular flexibility index (Phi) is 4.98. The van der Waals surface area contributed by atoms with Crippen molar-refractivity contribution in [1.29, 1.82) is 0 Å². The Bertz CT molecular complexity index is 1330. The van der Waals surface area contributed by atoms with Crippen LogP contribution in [0.25, 0.3) is 22.6 Å². The number of anilines is 1. The second-order valence-electron chi connectivity index (χ2n) is 7.86. The lowest BCUT2D eigenvalue weighted by Crippen LogP contribution is -2.12. The van der Waals surface area contributed by atoms with E-state index in [0.717, 1.165) is 46.7 Å². The van der Waals surface area contributed by atoms with Crippen molar-refractivity contribution >= 4 is 11.6 Å². The third kappa shape index (κ3) is 3.54. The minimum absolute atomic E-state index is 0.287. The Morgan fingerprint density at radius 1 is 1.06 bits per heavy atom. The maximum absolute atomic E-state index is 13.5. The summed E-state index contributed by atoms with van der Waals surface area (Å²) in [6, 6.07) is 17.7. The molecule has 1 amide bonds. The van der Waals surface area contributed by atoms with Crippen molar-refractivity contribution in [2.45, 2.75) is 19.8 Å². The summed E-state index contributed by atoms with van der Waals surface area (Å²) < 4.78 is 24.5. The van der Waals surface area contributed by atoms with Crippen LogP contribution in [0.15, 0.2) is 65.2 Å². The molecule has 32 heavy (non-hydrogen) atoms. The Morgan fingerprint density at radius 2 is 1.88 bits per heavy atom. The summed E-state index contributed by atoms with van der Waals surface area (Å²) in [5, 5.41) is 7.18. The van der Waals surface area contributed by atoms with Crippen molar-refractivity contribution in [3.63, 3.8) is 0 Å². The van der Waals surface area contributed by atoms with Crippen LogP contribution in [0.2, 0.25) is 0 Å². The summed E-state index contributed by atoms with van der Waals surface area (Å²) in [7, 11) is 1.66. The lowest BCUT2D eigenvalue weighted by atomic mass is 9.88. The number of ether oxygens (including phenoxy) is 1. The Morgan fingerprint density at radius 3 is 2.62 bits per heavy atom. The number of carbonyl (C=O) groups is 1.